The van der Waals surface area contributed by atoms with E-state index in [0.717, 1.165) is 5.56 Å². The Morgan fingerprint density at radius 3 is 2.63 bits per heavy atom. The topological polar surface area (TPSA) is 74.5 Å². The minimum atomic E-state index is -0.577. The lowest BCUT2D eigenvalue weighted by molar-refractivity contribution is 0.0703. The van der Waals surface area contributed by atoms with Gasteiger partial charge in [-0.05, 0) is 17.7 Å². The van der Waals surface area contributed by atoms with Gasteiger partial charge in [-0.2, -0.15) is 5.26 Å². The van der Waals surface area contributed by atoms with Crippen molar-refractivity contribution in [3.8, 4) is 6.07 Å². The number of ether oxygens (including phenoxy) is 2. The summed E-state index contributed by atoms with van der Waals surface area (Å²) in [5.41, 5.74) is 1.39. The Labute approximate surface area is 113 Å². The summed E-state index contributed by atoms with van der Waals surface area (Å²) in [5.74, 6) is 0. The van der Waals surface area contributed by atoms with Crippen LogP contribution in [-0.4, -0.2) is 45.1 Å². The SMILES string of the molecule is COCCOCCNCC(O)c1ccc(C#N)cc1. The van der Waals surface area contributed by atoms with Gasteiger partial charge in [0.15, 0.2) is 0 Å². The number of nitrogens with one attached hydrogen (secondary N) is 1. The first-order chi connectivity index (χ1) is 9.27. The summed E-state index contributed by atoms with van der Waals surface area (Å²) in [6, 6.07) is 8.98. The van der Waals surface area contributed by atoms with E-state index in [4.69, 9.17) is 14.7 Å². The Hall–Kier alpha value is -1.45. The van der Waals surface area contributed by atoms with E-state index in [1.807, 2.05) is 6.07 Å². The van der Waals surface area contributed by atoms with Crippen LogP contribution in [0, 0.1) is 11.3 Å². The summed E-state index contributed by atoms with van der Waals surface area (Å²) >= 11 is 0. The van der Waals surface area contributed by atoms with Crippen molar-refractivity contribution in [2.24, 2.45) is 0 Å². The van der Waals surface area contributed by atoms with Crippen LogP contribution < -0.4 is 5.32 Å². The average Bonchev–Trinajstić information content (AvgIpc) is 2.46. The van der Waals surface area contributed by atoms with Gasteiger partial charge >= 0.3 is 0 Å². The Balaban J connectivity index is 2.16. The molecule has 0 spiro atoms. The van der Waals surface area contributed by atoms with E-state index in [9.17, 15) is 5.11 Å². The van der Waals surface area contributed by atoms with Crippen molar-refractivity contribution in [1.82, 2.24) is 5.32 Å². The van der Waals surface area contributed by atoms with Crippen LogP contribution in [0.3, 0.4) is 0 Å². The van der Waals surface area contributed by atoms with Gasteiger partial charge in [-0.1, -0.05) is 12.1 Å². The molecule has 0 radical (unpaired) electrons. The Bertz CT molecular complexity index is 387. The molecule has 19 heavy (non-hydrogen) atoms. The zero-order valence-electron chi connectivity index (χ0n) is 11.1. The summed E-state index contributed by atoms with van der Waals surface area (Å²) in [6.07, 6.45) is -0.577. The number of aliphatic hydroxyl groups excluding tert-OH is 1. The molecular formula is C14H20N2O3. The Morgan fingerprint density at radius 2 is 2.00 bits per heavy atom. The van der Waals surface area contributed by atoms with Crippen molar-refractivity contribution in [2.45, 2.75) is 6.10 Å². The highest BCUT2D eigenvalue weighted by Gasteiger charge is 2.06. The predicted octanol–water partition coefficient (Wildman–Crippen LogP) is 0.844. The van der Waals surface area contributed by atoms with Crippen molar-refractivity contribution < 1.29 is 14.6 Å². The number of methoxy groups -OCH3 is 1. The third-order valence-electron chi connectivity index (χ3n) is 2.62. The number of rotatable bonds is 9. The molecule has 1 aromatic carbocycles. The van der Waals surface area contributed by atoms with Gasteiger partial charge in [0.05, 0.1) is 37.6 Å². The fourth-order valence-electron chi connectivity index (χ4n) is 1.53. The van der Waals surface area contributed by atoms with Crippen molar-refractivity contribution in [2.75, 3.05) is 40.0 Å². The highest BCUT2D eigenvalue weighted by Crippen LogP contribution is 2.12. The normalized spacial score (nSPS) is 12.1. The molecule has 0 fully saturated rings. The first-order valence-corrected chi connectivity index (χ1v) is 6.23. The second-order valence-electron chi connectivity index (χ2n) is 4.06. The van der Waals surface area contributed by atoms with Crippen LogP contribution in [0.25, 0.3) is 0 Å². The van der Waals surface area contributed by atoms with Crippen LogP contribution in [0.15, 0.2) is 24.3 Å². The number of nitrogens with zero attached hydrogens (tertiary/aromatic N) is 1. The van der Waals surface area contributed by atoms with E-state index < -0.39 is 6.10 Å². The van der Waals surface area contributed by atoms with E-state index in [-0.39, 0.29) is 0 Å². The molecule has 0 amide bonds. The van der Waals surface area contributed by atoms with Crippen LogP contribution in [0.2, 0.25) is 0 Å². The molecule has 5 nitrogen and oxygen atoms in total. The van der Waals surface area contributed by atoms with Crippen LogP contribution in [-0.2, 0) is 9.47 Å². The van der Waals surface area contributed by atoms with Gasteiger partial charge in [0, 0.05) is 20.2 Å². The van der Waals surface area contributed by atoms with Crippen molar-refractivity contribution >= 4 is 0 Å². The molecule has 0 heterocycles. The van der Waals surface area contributed by atoms with E-state index >= 15 is 0 Å². The molecule has 1 rings (SSSR count). The molecule has 0 saturated carbocycles. The fourth-order valence-corrected chi connectivity index (χ4v) is 1.53. The van der Waals surface area contributed by atoms with E-state index in [0.29, 0.717) is 38.5 Å². The van der Waals surface area contributed by atoms with E-state index in [1.165, 1.54) is 0 Å². The summed E-state index contributed by atoms with van der Waals surface area (Å²) in [7, 11) is 1.63. The number of hydrogen-bond donors (Lipinski definition) is 2. The first-order valence-electron chi connectivity index (χ1n) is 6.23. The number of hydrogen-bond acceptors (Lipinski definition) is 5. The highest BCUT2D eigenvalue weighted by molar-refractivity contribution is 5.32. The maximum atomic E-state index is 9.92. The van der Waals surface area contributed by atoms with Crippen LogP contribution in [0.1, 0.15) is 17.2 Å². The van der Waals surface area contributed by atoms with Crippen molar-refractivity contribution in [3.63, 3.8) is 0 Å². The van der Waals surface area contributed by atoms with Crippen LogP contribution in [0.4, 0.5) is 0 Å². The van der Waals surface area contributed by atoms with Crippen LogP contribution >= 0.6 is 0 Å². The predicted molar refractivity (Wildman–Crippen MR) is 71.7 cm³/mol. The Kier molecular flexibility index (Phi) is 7.78. The largest absolute Gasteiger partial charge is 0.387 e. The monoisotopic (exact) mass is 264 g/mol. The summed E-state index contributed by atoms with van der Waals surface area (Å²) < 4.78 is 10.1. The molecule has 1 unspecified atom stereocenters. The van der Waals surface area contributed by atoms with E-state index in [1.54, 1.807) is 31.4 Å². The molecular weight excluding hydrogens is 244 g/mol. The molecule has 1 atom stereocenters. The van der Waals surface area contributed by atoms with Gasteiger partial charge in [-0.15, -0.1) is 0 Å². The maximum absolute atomic E-state index is 9.92. The molecule has 0 saturated heterocycles. The lowest BCUT2D eigenvalue weighted by Gasteiger charge is -2.12. The maximum Gasteiger partial charge on any atom is 0.0991 e. The second-order valence-corrected chi connectivity index (χ2v) is 4.06. The second kappa shape index (κ2) is 9.48. The summed E-state index contributed by atoms with van der Waals surface area (Å²) in [5, 5.41) is 21.7. The minimum absolute atomic E-state index is 0.458. The zero-order valence-corrected chi connectivity index (χ0v) is 11.1. The molecule has 2 N–H and O–H groups in total. The van der Waals surface area contributed by atoms with Gasteiger partial charge in [-0.3, -0.25) is 0 Å². The van der Waals surface area contributed by atoms with Crippen LogP contribution in [0.5, 0.6) is 0 Å². The minimum Gasteiger partial charge on any atom is -0.387 e. The third-order valence-corrected chi connectivity index (χ3v) is 2.62. The van der Waals surface area contributed by atoms with Crippen molar-refractivity contribution in [3.05, 3.63) is 35.4 Å². The molecule has 0 bridgehead atoms. The van der Waals surface area contributed by atoms with Crippen molar-refractivity contribution in [1.29, 1.82) is 5.26 Å². The number of aliphatic hydroxyl groups is 1. The molecule has 0 aliphatic carbocycles. The van der Waals surface area contributed by atoms with Gasteiger partial charge in [0.25, 0.3) is 0 Å². The van der Waals surface area contributed by atoms with Gasteiger partial charge < -0.3 is 19.9 Å². The molecule has 1 aromatic rings. The lowest BCUT2D eigenvalue weighted by atomic mass is 10.1. The fraction of sp³-hybridized carbons (Fsp3) is 0.500. The average molecular weight is 264 g/mol. The third kappa shape index (κ3) is 6.32. The lowest BCUT2D eigenvalue weighted by Crippen LogP contribution is -2.25. The molecule has 0 aromatic heterocycles. The smallest absolute Gasteiger partial charge is 0.0991 e. The molecule has 0 aliphatic rings. The van der Waals surface area contributed by atoms with Gasteiger partial charge in [0.2, 0.25) is 0 Å². The molecule has 0 aliphatic heterocycles. The zero-order chi connectivity index (χ0) is 13.9. The van der Waals surface area contributed by atoms with E-state index in [2.05, 4.69) is 5.32 Å². The van der Waals surface area contributed by atoms with Gasteiger partial charge in [0.1, 0.15) is 0 Å². The summed E-state index contributed by atoms with van der Waals surface area (Å²) in [4.78, 5) is 0. The molecule has 5 heteroatoms. The van der Waals surface area contributed by atoms with Gasteiger partial charge in [-0.25, -0.2) is 0 Å². The Morgan fingerprint density at radius 1 is 1.26 bits per heavy atom. The first kappa shape index (κ1) is 15.6. The number of nitriles is 1. The highest BCUT2D eigenvalue weighted by atomic mass is 16.5. The number of benzene rings is 1. The standard InChI is InChI=1S/C14H20N2O3/c1-18-8-9-19-7-6-16-11-14(17)13-4-2-12(10-15)3-5-13/h2-5,14,16-17H,6-9,11H2,1H3. The molecule has 104 valence electrons. The quantitative estimate of drug-likeness (QED) is 0.647. The summed E-state index contributed by atoms with van der Waals surface area (Å²) in [6.45, 7) is 2.89.